The van der Waals surface area contributed by atoms with Gasteiger partial charge in [-0.3, -0.25) is 9.59 Å². The van der Waals surface area contributed by atoms with E-state index in [2.05, 4.69) is 17.9 Å². The Bertz CT molecular complexity index is 824. The molecule has 8 heteroatoms. The van der Waals surface area contributed by atoms with Crippen LogP contribution in [0.5, 0.6) is 0 Å². The van der Waals surface area contributed by atoms with E-state index in [1.807, 2.05) is 53.9 Å². The fraction of sp³-hybridized carbons (Fsp3) is 0.300. The first-order valence-corrected chi connectivity index (χ1v) is 11.2. The van der Waals surface area contributed by atoms with E-state index in [-0.39, 0.29) is 42.1 Å². The Labute approximate surface area is 178 Å². The lowest BCUT2D eigenvalue weighted by molar-refractivity contribution is -0.126. The van der Waals surface area contributed by atoms with E-state index in [1.165, 1.54) is 11.8 Å². The molecule has 0 spiro atoms. The number of aliphatic hydroxyl groups is 1. The third-order valence-electron chi connectivity index (χ3n) is 4.28. The second kappa shape index (κ2) is 10.2. The summed E-state index contributed by atoms with van der Waals surface area (Å²) >= 11 is 7.43. The summed E-state index contributed by atoms with van der Waals surface area (Å²) in [6.45, 7) is 0.152. The van der Waals surface area contributed by atoms with Crippen LogP contribution in [0.1, 0.15) is 16.9 Å². The molecule has 1 aliphatic rings. The van der Waals surface area contributed by atoms with Gasteiger partial charge in [-0.15, -0.1) is 24.0 Å². The van der Waals surface area contributed by atoms with Crippen molar-refractivity contribution in [1.82, 2.24) is 10.2 Å². The monoisotopic (exact) mass is 434 g/mol. The molecule has 5 nitrogen and oxygen atoms in total. The van der Waals surface area contributed by atoms with Gasteiger partial charge in [-0.05, 0) is 29.5 Å². The molecule has 148 valence electrons. The molecule has 1 saturated heterocycles. The van der Waals surface area contributed by atoms with E-state index in [9.17, 15) is 14.7 Å². The van der Waals surface area contributed by atoms with Crippen LogP contribution in [0.3, 0.4) is 0 Å². The van der Waals surface area contributed by atoms with Crippen LogP contribution in [0.2, 0.25) is 0 Å². The van der Waals surface area contributed by atoms with Crippen molar-refractivity contribution >= 4 is 53.6 Å². The number of carbonyl (C=O) groups excluding carboxylic acids is 2. The highest BCUT2D eigenvalue weighted by Gasteiger charge is 2.34. The van der Waals surface area contributed by atoms with E-state index >= 15 is 0 Å². The number of amides is 2. The SMILES string of the molecule is O=C(CCN1C(=O)/C(=C\c2cccs2)SC1S)N[C@@H](CO)Cc1ccccc1. The van der Waals surface area contributed by atoms with Crippen molar-refractivity contribution in [2.45, 2.75) is 23.6 Å². The standard InChI is InChI=1S/C20H22N2O3S3/c23-13-15(11-14-5-2-1-3-6-14)21-18(24)8-9-22-19(25)17(28-20(22)26)12-16-7-4-10-27-16/h1-7,10,12,15,20,23,26H,8-9,11,13H2,(H,21,24)/b17-12+/t15-,20?/m1/s1. The van der Waals surface area contributed by atoms with Crippen molar-refractivity contribution < 1.29 is 14.7 Å². The molecular formula is C20H22N2O3S3. The van der Waals surface area contributed by atoms with E-state index in [4.69, 9.17) is 0 Å². The van der Waals surface area contributed by atoms with Gasteiger partial charge in [0.15, 0.2) is 0 Å². The first kappa shape index (κ1) is 21.0. The highest BCUT2D eigenvalue weighted by molar-refractivity contribution is 8.14. The maximum absolute atomic E-state index is 12.6. The zero-order valence-corrected chi connectivity index (χ0v) is 17.7. The Morgan fingerprint density at radius 3 is 2.75 bits per heavy atom. The summed E-state index contributed by atoms with van der Waals surface area (Å²) < 4.78 is -0.301. The largest absolute Gasteiger partial charge is 0.394 e. The minimum Gasteiger partial charge on any atom is -0.394 e. The van der Waals surface area contributed by atoms with Crippen molar-refractivity contribution in [3.05, 3.63) is 63.2 Å². The molecular weight excluding hydrogens is 412 g/mol. The number of carbonyl (C=O) groups is 2. The van der Waals surface area contributed by atoms with E-state index in [0.29, 0.717) is 11.3 Å². The van der Waals surface area contributed by atoms with Crippen LogP contribution < -0.4 is 5.32 Å². The molecule has 1 aromatic carbocycles. The van der Waals surface area contributed by atoms with Gasteiger partial charge in [-0.25, -0.2) is 0 Å². The molecule has 0 bridgehead atoms. The van der Waals surface area contributed by atoms with Crippen LogP contribution in [0.15, 0.2) is 52.7 Å². The molecule has 2 N–H and O–H groups in total. The smallest absolute Gasteiger partial charge is 0.261 e. The average Bonchev–Trinajstić information content (AvgIpc) is 3.29. The van der Waals surface area contributed by atoms with Crippen LogP contribution in [-0.2, 0) is 16.0 Å². The number of hydrogen-bond acceptors (Lipinski definition) is 6. The Morgan fingerprint density at radius 2 is 2.07 bits per heavy atom. The highest BCUT2D eigenvalue weighted by Crippen LogP contribution is 2.38. The first-order valence-electron chi connectivity index (χ1n) is 8.92. The Balaban J connectivity index is 1.51. The van der Waals surface area contributed by atoms with Crippen LogP contribution in [0.25, 0.3) is 6.08 Å². The zero-order chi connectivity index (χ0) is 19.9. The van der Waals surface area contributed by atoms with E-state index in [1.54, 1.807) is 16.2 Å². The van der Waals surface area contributed by atoms with Crippen molar-refractivity contribution in [2.24, 2.45) is 0 Å². The van der Waals surface area contributed by atoms with Crippen LogP contribution in [0.4, 0.5) is 0 Å². The molecule has 2 aromatic rings. The number of rotatable bonds is 8. The lowest BCUT2D eigenvalue weighted by Crippen LogP contribution is -2.41. The van der Waals surface area contributed by atoms with Crippen molar-refractivity contribution in [3.8, 4) is 0 Å². The number of nitrogens with zero attached hydrogens (tertiary/aromatic N) is 1. The predicted octanol–water partition coefficient (Wildman–Crippen LogP) is 2.99. The third-order valence-corrected chi connectivity index (χ3v) is 6.70. The lowest BCUT2D eigenvalue weighted by atomic mass is 10.1. The number of thioether (sulfide) groups is 1. The number of thiophene rings is 1. The molecule has 3 rings (SSSR count). The molecule has 1 aliphatic heterocycles. The predicted molar refractivity (Wildman–Crippen MR) is 118 cm³/mol. The fourth-order valence-corrected chi connectivity index (χ4v) is 5.12. The van der Waals surface area contributed by atoms with E-state index < -0.39 is 0 Å². The zero-order valence-electron chi connectivity index (χ0n) is 15.2. The highest BCUT2D eigenvalue weighted by atomic mass is 32.2. The molecule has 2 heterocycles. The Hall–Kier alpha value is -1.74. The molecule has 28 heavy (non-hydrogen) atoms. The van der Waals surface area contributed by atoms with Gasteiger partial charge < -0.3 is 15.3 Å². The third kappa shape index (κ3) is 5.64. The summed E-state index contributed by atoms with van der Waals surface area (Å²) in [6.07, 6.45) is 2.59. The minimum atomic E-state index is -0.348. The van der Waals surface area contributed by atoms with Crippen molar-refractivity contribution in [3.63, 3.8) is 0 Å². The van der Waals surface area contributed by atoms with Gasteiger partial charge in [0.2, 0.25) is 5.91 Å². The van der Waals surface area contributed by atoms with Crippen LogP contribution in [-0.4, -0.2) is 45.7 Å². The molecule has 0 saturated carbocycles. The van der Waals surface area contributed by atoms with Gasteiger partial charge in [0, 0.05) is 17.8 Å². The normalized spacial score (nSPS) is 19.2. The summed E-state index contributed by atoms with van der Waals surface area (Å²) in [6, 6.07) is 13.2. The van der Waals surface area contributed by atoms with E-state index in [0.717, 1.165) is 10.4 Å². The van der Waals surface area contributed by atoms with Gasteiger partial charge in [0.05, 0.1) is 17.6 Å². The molecule has 0 aliphatic carbocycles. The molecule has 1 unspecified atom stereocenters. The van der Waals surface area contributed by atoms with Crippen LogP contribution >= 0.6 is 35.7 Å². The topological polar surface area (TPSA) is 69.6 Å². The molecule has 2 atom stereocenters. The molecule has 1 aromatic heterocycles. The minimum absolute atomic E-state index is 0.103. The number of benzene rings is 1. The molecule has 2 amide bonds. The Morgan fingerprint density at radius 1 is 1.29 bits per heavy atom. The van der Waals surface area contributed by atoms with Gasteiger partial charge in [0.25, 0.3) is 5.91 Å². The van der Waals surface area contributed by atoms with Gasteiger partial charge >= 0.3 is 0 Å². The summed E-state index contributed by atoms with van der Waals surface area (Å²) in [5.74, 6) is -0.293. The van der Waals surface area contributed by atoms with Gasteiger partial charge in [-0.2, -0.15) is 0 Å². The summed E-state index contributed by atoms with van der Waals surface area (Å²) in [5.41, 5.74) is 1.05. The maximum atomic E-state index is 12.6. The number of hydrogen-bond donors (Lipinski definition) is 3. The summed E-state index contributed by atoms with van der Waals surface area (Å²) in [7, 11) is 0. The van der Waals surface area contributed by atoms with Gasteiger partial charge in [0.1, 0.15) is 4.71 Å². The average molecular weight is 435 g/mol. The van der Waals surface area contributed by atoms with Crippen molar-refractivity contribution in [2.75, 3.05) is 13.2 Å². The van der Waals surface area contributed by atoms with Gasteiger partial charge in [-0.1, -0.05) is 48.2 Å². The summed E-state index contributed by atoms with van der Waals surface area (Å²) in [4.78, 5) is 28.2. The quantitative estimate of drug-likeness (QED) is 0.441. The molecule has 1 fully saturated rings. The first-order chi connectivity index (χ1) is 13.6. The lowest BCUT2D eigenvalue weighted by Gasteiger charge is -2.20. The number of aliphatic hydroxyl groups excluding tert-OH is 1. The second-order valence-electron chi connectivity index (χ2n) is 6.35. The number of thiol groups is 1. The summed E-state index contributed by atoms with van der Waals surface area (Å²) in [5, 5.41) is 14.4. The second-order valence-corrected chi connectivity index (χ2v) is 9.29. The maximum Gasteiger partial charge on any atom is 0.261 e. The fourth-order valence-electron chi connectivity index (χ4n) is 2.86. The van der Waals surface area contributed by atoms with Crippen LogP contribution in [0, 0.1) is 0 Å². The van der Waals surface area contributed by atoms with Crippen molar-refractivity contribution in [1.29, 1.82) is 0 Å². The molecule has 0 radical (unpaired) electrons. The number of nitrogens with one attached hydrogen (secondary N) is 1. The Kier molecular flexibility index (Phi) is 7.61.